The monoisotopic (exact) mass is 406 g/mol. The minimum absolute atomic E-state index is 0.0967. The number of aromatic nitrogens is 2. The first-order valence-corrected chi connectivity index (χ1v) is 6.89. The molecule has 2 rings (SSSR count). The van der Waals surface area contributed by atoms with Crippen molar-refractivity contribution in [2.75, 3.05) is 0 Å². The molecule has 0 aliphatic rings. The van der Waals surface area contributed by atoms with Crippen LogP contribution >= 0.6 is 38.5 Å². The molecule has 3 N–H and O–H groups in total. The molecule has 0 radical (unpaired) electrons. The molecule has 1 aromatic heterocycles. The topological polar surface area (TPSA) is 55.9 Å². The highest BCUT2D eigenvalue weighted by Gasteiger charge is 2.17. The molecule has 17 heavy (non-hydrogen) atoms. The maximum atomic E-state index is 5.65. The van der Waals surface area contributed by atoms with E-state index in [2.05, 4.69) is 55.1 Å². The van der Waals surface area contributed by atoms with Gasteiger partial charge >= 0.3 is 0 Å². The molecule has 0 aliphatic carbocycles. The minimum atomic E-state index is -0.0967. The van der Waals surface area contributed by atoms with E-state index in [1.54, 1.807) is 4.68 Å². The molecule has 1 atom stereocenters. The Bertz CT molecular complexity index is 526. The molecule has 90 valence electrons. The van der Waals surface area contributed by atoms with Crippen molar-refractivity contribution in [2.45, 2.75) is 6.04 Å². The third kappa shape index (κ3) is 2.87. The van der Waals surface area contributed by atoms with E-state index in [1.807, 2.05) is 31.4 Å². The first-order chi connectivity index (χ1) is 8.11. The van der Waals surface area contributed by atoms with E-state index >= 15 is 0 Å². The predicted molar refractivity (Wildman–Crippen MR) is 79.2 cm³/mol. The Morgan fingerprint density at radius 1 is 1.47 bits per heavy atom. The van der Waals surface area contributed by atoms with Crippen molar-refractivity contribution in [1.29, 1.82) is 0 Å². The lowest BCUT2D eigenvalue weighted by Gasteiger charge is -2.16. The van der Waals surface area contributed by atoms with E-state index < -0.39 is 0 Å². The molecule has 0 bridgehead atoms. The molecule has 6 heteroatoms. The van der Waals surface area contributed by atoms with Gasteiger partial charge < -0.3 is 0 Å². The van der Waals surface area contributed by atoms with Gasteiger partial charge in [-0.2, -0.15) is 5.10 Å². The third-order valence-electron chi connectivity index (χ3n) is 2.47. The Morgan fingerprint density at radius 3 is 2.82 bits per heavy atom. The fourth-order valence-electron chi connectivity index (χ4n) is 1.66. The van der Waals surface area contributed by atoms with Crippen molar-refractivity contribution in [3.8, 4) is 0 Å². The number of benzene rings is 1. The van der Waals surface area contributed by atoms with Crippen LogP contribution in [-0.2, 0) is 7.05 Å². The number of hydrazine groups is 1. The van der Waals surface area contributed by atoms with E-state index in [0.29, 0.717) is 0 Å². The van der Waals surface area contributed by atoms with Crippen LogP contribution in [-0.4, -0.2) is 9.78 Å². The van der Waals surface area contributed by atoms with Gasteiger partial charge in [0, 0.05) is 21.3 Å². The van der Waals surface area contributed by atoms with Gasteiger partial charge in [0.25, 0.3) is 0 Å². The summed E-state index contributed by atoms with van der Waals surface area (Å²) in [4.78, 5) is 0. The molecule has 0 saturated carbocycles. The second-order valence-electron chi connectivity index (χ2n) is 3.68. The molecular weight excluding hydrogens is 395 g/mol. The summed E-state index contributed by atoms with van der Waals surface area (Å²) in [6, 6.07) is 7.98. The van der Waals surface area contributed by atoms with Crippen LogP contribution in [0.4, 0.5) is 0 Å². The van der Waals surface area contributed by atoms with Gasteiger partial charge in [0.1, 0.15) is 0 Å². The van der Waals surface area contributed by atoms with E-state index in [9.17, 15) is 0 Å². The summed E-state index contributed by atoms with van der Waals surface area (Å²) < 4.78 is 3.95. The quantitative estimate of drug-likeness (QED) is 0.467. The van der Waals surface area contributed by atoms with Gasteiger partial charge in [0.05, 0.1) is 11.7 Å². The van der Waals surface area contributed by atoms with Gasteiger partial charge in [0.15, 0.2) is 0 Å². The van der Waals surface area contributed by atoms with Crippen molar-refractivity contribution in [2.24, 2.45) is 12.9 Å². The Labute approximate surface area is 122 Å². The minimum Gasteiger partial charge on any atom is -0.275 e. The lowest BCUT2D eigenvalue weighted by atomic mass is 10.1. The molecule has 1 unspecified atom stereocenters. The molecule has 0 spiro atoms. The summed E-state index contributed by atoms with van der Waals surface area (Å²) in [7, 11) is 1.89. The largest absolute Gasteiger partial charge is 0.275 e. The van der Waals surface area contributed by atoms with E-state index in [-0.39, 0.29) is 6.04 Å². The highest BCUT2D eigenvalue weighted by Crippen LogP contribution is 2.27. The number of aryl methyl sites for hydroxylation is 1. The Kier molecular flexibility index (Phi) is 4.18. The summed E-state index contributed by atoms with van der Waals surface area (Å²) in [6.45, 7) is 0. The van der Waals surface area contributed by atoms with Crippen LogP contribution < -0.4 is 11.3 Å². The van der Waals surface area contributed by atoms with Crippen LogP contribution in [0.2, 0.25) is 0 Å². The first-order valence-electron chi connectivity index (χ1n) is 5.02. The van der Waals surface area contributed by atoms with Crippen LogP contribution in [0.3, 0.4) is 0 Å². The van der Waals surface area contributed by atoms with E-state index in [4.69, 9.17) is 5.84 Å². The van der Waals surface area contributed by atoms with Crippen molar-refractivity contribution in [1.82, 2.24) is 15.2 Å². The fourth-order valence-corrected chi connectivity index (χ4v) is 2.68. The molecule has 2 aromatic rings. The number of rotatable bonds is 3. The van der Waals surface area contributed by atoms with Crippen molar-refractivity contribution < 1.29 is 0 Å². The Morgan fingerprint density at radius 2 is 2.24 bits per heavy atom. The van der Waals surface area contributed by atoms with Gasteiger partial charge in [-0.05, 0) is 52.4 Å². The van der Waals surface area contributed by atoms with Gasteiger partial charge in [-0.3, -0.25) is 10.5 Å². The van der Waals surface area contributed by atoms with Crippen LogP contribution in [0, 0.1) is 3.57 Å². The summed E-state index contributed by atoms with van der Waals surface area (Å²) in [5, 5.41) is 4.38. The van der Waals surface area contributed by atoms with Crippen LogP contribution in [0.15, 0.2) is 34.9 Å². The number of nitrogens with zero attached hydrogens (tertiary/aromatic N) is 2. The normalized spacial score (nSPS) is 12.7. The number of nitrogens with two attached hydrogens (primary N) is 1. The zero-order valence-electron chi connectivity index (χ0n) is 9.19. The molecular formula is C11H12BrIN4. The van der Waals surface area contributed by atoms with Gasteiger partial charge in [0.2, 0.25) is 0 Å². The summed E-state index contributed by atoms with van der Waals surface area (Å²) in [5.74, 6) is 5.65. The molecule has 0 aliphatic heterocycles. The molecule has 1 aromatic carbocycles. The first kappa shape index (κ1) is 13.0. The number of nitrogens with one attached hydrogen (secondary N) is 1. The number of halogens is 2. The third-order valence-corrected chi connectivity index (χ3v) is 3.94. The number of hydrogen-bond acceptors (Lipinski definition) is 3. The molecule has 1 heterocycles. The van der Waals surface area contributed by atoms with Gasteiger partial charge in [-0.15, -0.1) is 0 Å². The predicted octanol–water partition coefficient (Wildman–Crippen LogP) is 2.34. The lowest BCUT2D eigenvalue weighted by molar-refractivity contribution is 0.601. The molecule has 0 fully saturated rings. The zero-order chi connectivity index (χ0) is 12.4. The smallest absolute Gasteiger partial charge is 0.0910 e. The SMILES string of the molecule is Cn1ccc(C(NN)c2cc(Br)ccc2I)n1. The van der Waals surface area contributed by atoms with Gasteiger partial charge in [-0.1, -0.05) is 15.9 Å². The van der Waals surface area contributed by atoms with Crippen molar-refractivity contribution >= 4 is 38.5 Å². The fraction of sp³-hybridized carbons (Fsp3) is 0.182. The standard InChI is InChI=1S/C11H12BrIN4/c1-17-5-4-10(16-17)11(15-14)8-6-7(12)2-3-9(8)13/h2-6,11,15H,14H2,1H3. The van der Waals surface area contributed by atoms with E-state index in [0.717, 1.165) is 19.3 Å². The molecule has 0 saturated heterocycles. The maximum Gasteiger partial charge on any atom is 0.0910 e. The highest BCUT2D eigenvalue weighted by atomic mass is 127. The zero-order valence-corrected chi connectivity index (χ0v) is 12.9. The average Bonchev–Trinajstić information content (AvgIpc) is 2.71. The van der Waals surface area contributed by atoms with Crippen molar-refractivity contribution in [3.63, 3.8) is 0 Å². The van der Waals surface area contributed by atoms with Crippen molar-refractivity contribution in [3.05, 3.63) is 49.8 Å². The second-order valence-corrected chi connectivity index (χ2v) is 5.76. The lowest BCUT2D eigenvalue weighted by Crippen LogP contribution is -2.29. The molecule has 0 amide bonds. The average molecular weight is 407 g/mol. The van der Waals surface area contributed by atoms with Crippen LogP contribution in [0.1, 0.15) is 17.3 Å². The summed E-state index contributed by atoms with van der Waals surface area (Å²) >= 11 is 5.77. The Hall–Kier alpha value is -0.440. The summed E-state index contributed by atoms with van der Waals surface area (Å²) in [5.41, 5.74) is 4.84. The highest BCUT2D eigenvalue weighted by molar-refractivity contribution is 14.1. The van der Waals surface area contributed by atoms with Gasteiger partial charge in [-0.25, -0.2) is 5.43 Å². The summed E-state index contributed by atoms with van der Waals surface area (Å²) in [6.07, 6.45) is 1.91. The Balaban J connectivity index is 2.45. The number of hydrogen-bond donors (Lipinski definition) is 2. The van der Waals surface area contributed by atoms with Crippen LogP contribution in [0.25, 0.3) is 0 Å². The van der Waals surface area contributed by atoms with Crippen LogP contribution in [0.5, 0.6) is 0 Å². The molecule has 4 nitrogen and oxygen atoms in total. The second kappa shape index (κ2) is 5.47. The maximum absolute atomic E-state index is 5.65. The van der Waals surface area contributed by atoms with E-state index in [1.165, 1.54) is 0 Å².